The monoisotopic (exact) mass is 745 g/mol. The Hall–Kier alpha value is -5.28. The highest BCUT2D eigenvalue weighted by Gasteiger charge is 2.45. The summed E-state index contributed by atoms with van der Waals surface area (Å²) in [7, 11) is 1.26. The summed E-state index contributed by atoms with van der Waals surface area (Å²) >= 11 is 0. The minimum Gasteiger partial charge on any atom is -0.494 e. The highest BCUT2D eigenvalue weighted by Crippen LogP contribution is 2.39. The summed E-state index contributed by atoms with van der Waals surface area (Å²) in [6, 6.07) is 13.2. The lowest BCUT2D eigenvalue weighted by Gasteiger charge is -2.37. The first-order valence-electron chi connectivity index (χ1n) is 15.3. The van der Waals surface area contributed by atoms with Crippen LogP contribution in [0.4, 0.5) is 43.9 Å². The van der Waals surface area contributed by atoms with Gasteiger partial charge < -0.3 is 19.5 Å². The van der Waals surface area contributed by atoms with Crippen LogP contribution < -0.4 is 14.8 Å². The summed E-state index contributed by atoms with van der Waals surface area (Å²) in [5.74, 6) is -6.24. The van der Waals surface area contributed by atoms with Crippen LogP contribution in [-0.4, -0.2) is 38.1 Å². The predicted octanol–water partition coefficient (Wildman–Crippen LogP) is 9.00. The standard InChI is InChI=1S/C36H29F10NO5/c1-50-31(48)4-2-3-15-51-27-12-5-21(6-13-27)20-34(23-8-10-25(37)11-9-23,24-17-26(38)19-28(18-24)52-36(45,46)33(40)41)47-32(49)22-7-14-30(39)29(16-22)35(42,43)44/h5-14,16-19,33H,2-4,15,20H2,1H3,(H,47,49). The van der Waals surface area contributed by atoms with Crippen LogP contribution in [0.25, 0.3) is 0 Å². The van der Waals surface area contributed by atoms with Gasteiger partial charge in [0.15, 0.2) is 0 Å². The molecule has 0 heterocycles. The average molecular weight is 746 g/mol. The number of carbonyl (C=O) groups is 2. The van der Waals surface area contributed by atoms with Gasteiger partial charge >= 0.3 is 24.7 Å². The maximum atomic E-state index is 15.1. The molecule has 0 aliphatic heterocycles. The average Bonchev–Trinajstić information content (AvgIpc) is 3.07. The molecule has 4 rings (SSSR count). The lowest BCUT2D eigenvalue weighted by Crippen LogP contribution is -2.49. The van der Waals surface area contributed by atoms with Gasteiger partial charge in [0.1, 0.15) is 29.0 Å². The molecule has 0 spiro atoms. The Morgan fingerprint density at radius 2 is 1.42 bits per heavy atom. The molecule has 0 bridgehead atoms. The topological polar surface area (TPSA) is 73.9 Å². The van der Waals surface area contributed by atoms with Gasteiger partial charge in [-0.1, -0.05) is 24.3 Å². The van der Waals surface area contributed by atoms with Crippen molar-refractivity contribution in [2.75, 3.05) is 13.7 Å². The van der Waals surface area contributed by atoms with Gasteiger partial charge in [-0.3, -0.25) is 9.59 Å². The van der Waals surface area contributed by atoms with Gasteiger partial charge in [0.2, 0.25) is 0 Å². The summed E-state index contributed by atoms with van der Waals surface area (Å²) < 4.78 is 152. The van der Waals surface area contributed by atoms with Gasteiger partial charge in [-0.15, -0.1) is 0 Å². The van der Waals surface area contributed by atoms with E-state index in [2.05, 4.69) is 14.8 Å². The van der Waals surface area contributed by atoms with Crippen LogP contribution in [0.3, 0.4) is 0 Å². The second kappa shape index (κ2) is 16.4. The number of nitrogens with one attached hydrogen (secondary N) is 1. The second-order valence-corrected chi connectivity index (χ2v) is 11.4. The molecule has 4 aromatic carbocycles. The Morgan fingerprint density at radius 1 is 0.750 bits per heavy atom. The van der Waals surface area contributed by atoms with Crippen molar-refractivity contribution in [2.45, 2.75) is 49.9 Å². The number of hydrogen-bond donors (Lipinski definition) is 1. The Labute approximate surface area is 290 Å². The molecule has 16 heteroatoms. The van der Waals surface area contributed by atoms with Crippen LogP contribution in [-0.2, 0) is 27.7 Å². The molecule has 0 radical (unpaired) electrons. The number of unbranched alkanes of at least 4 members (excludes halogenated alkanes) is 1. The van der Waals surface area contributed by atoms with Crippen molar-refractivity contribution in [3.8, 4) is 11.5 Å². The summed E-state index contributed by atoms with van der Waals surface area (Å²) in [6.07, 6.45) is -13.9. The molecule has 278 valence electrons. The van der Waals surface area contributed by atoms with Gasteiger partial charge in [0, 0.05) is 24.5 Å². The van der Waals surface area contributed by atoms with E-state index in [1.165, 1.54) is 31.4 Å². The van der Waals surface area contributed by atoms with Crippen LogP contribution >= 0.6 is 0 Å². The van der Waals surface area contributed by atoms with E-state index in [0.29, 0.717) is 42.4 Å². The lowest BCUT2D eigenvalue weighted by molar-refractivity contribution is -0.253. The second-order valence-electron chi connectivity index (χ2n) is 11.4. The number of rotatable bonds is 15. The van der Waals surface area contributed by atoms with Crippen LogP contribution in [0.5, 0.6) is 11.5 Å². The van der Waals surface area contributed by atoms with Crippen molar-refractivity contribution in [1.29, 1.82) is 0 Å². The predicted molar refractivity (Wildman–Crippen MR) is 166 cm³/mol. The quantitative estimate of drug-likeness (QED) is 0.0748. The summed E-state index contributed by atoms with van der Waals surface area (Å²) in [6.45, 7) is 0.207. The number of carbonyl (C=O) groups excluding carboxylic acids is 2. The first-order valence-corrected chi connectivity index (χ1v) is 15.3. The van der Waals surface area contributed by atoms with Gasteiger partial charge in [-0.05, 0) is 84.1 Å². The Bertz CT molecular complexity index is 1850. The summed E-state index contributed by atoms with van der Waals surface area (Å²) in [5, 5.41) is 2.48. The van der Waals surface area contributed by atoms with E-state index in [4.69, 9.17) is 4.74 Å². The van der Waals surface area contributed by atoms with E-state index in [-0.39, 0.29) is 30.6 Å². The maximum absolute atomic E-state index is 15.1. The third-order valence-corrected chi connectivity index (χ3v) is 7.73. The van der Waals surface area contributed by atoms with E-state index in [1.807, 2.05) is 0 Å². The molecule has 4 aromatic rings. The fourth-order valence-electron chi connectivity index (χ4n) is 5.19. The van der Waals surface area contributed by atoms with Crippen molar-refractivity contribution in [3.63, 3.8) is 0 Å². The van der Waals surface area contributed by atoms with Crippen molar-refractivity contribution in [2.24, 2.45) is 0 Å². The molecule has 0 saturated carbocycles. The zero-order chi connectivity index (χ0) is 38.3. The smallest absolute Gasteiger partial charge is 0.461 e. The minimum absolute atomic E-state index is 0.0662. The number of esters is 1. The van der Waals surface area contributed by atoms with Crippen LogP contribution in [0.1, 0.15) is 51.9 Å². The van der Waals surface area contributed by atoms with Gasteiger partial charge in [0.05, 0.1) is 24.8 Å². The highest BCUT2D eigenvalue weighted by molar-refractivity contribution is 5.95. The van der Waals surface area contributed by atoms with E-state index in [1.54, 1.807) is 0 Å². The molecular formula is C36H29F10NO5. The number of hydrogen-bond acceptors (Lipinski definition) is 5. The molecule has 0 saturated heterocycles. The van der Waals surface area contributed by atoms with Gasteiger partial charge in [0.25, 0.3) is 5.91 Å². The molecule has 0 aliphatic carbocycles. The largest absolute Gasteiger partial charge is 0.494 e. The number of halogens is 10. The molecule has 0 fully saturated rings. The zero-order valence-electron chi connectivity index (χ0n) is 27.0. The molecule has 6 nitrogen and oxygen atoms in total. The summed E-state index contributed by atoms with van der Waals surface area (Å²) in [5.41, 5.74) is -4.88. The maximum Gasteiger partial charge on any atom is 0.461 e. The Balaban J connectivity index is 1.83. The van der Waals surface area contributed by atoms with Crippen LogP contribution in [0.2, 0.25) is 0 Å². The molecule has 1 amide bonds. The number of alkyl halides is 7. The van der Waals surface area contributed by atoms with Crippen LogP contribution in [0, 0.1) is 17.5 Å². The third kappa shape index (κ3) is 9.94. The molecule has 0 aromatic heterocycles. The molecule has 52 heavy (non-hydrogen) atoms. The van der Waals surface area contributed by atoms with Crippen molar-refractivity contribution >= 4 is 11.9 Å². The number of amides is 1. The number of benzene rings is 4. The highest BCUT2D eigenvalue weighted by atomic mass is 19.4. The SMILES string of the molecule is COC(=O)CCCCOc1ccc(CC(NC(=O)c2ccc(F)c(C(F)(F)F)c2)(c2ccc(F)cc2)c2cc(F)cc(OC(F)(F)C(F)F)c2)cc1. The molecular weight excluding hydrogens is 716 g/mol. The summed E-state index contributed by atoms with van der Waals surface area (Å²) in [4.78, 5) is 25.1. The van der Waals surface area contributed by atoms with E-state index < -0.39 is 76.5 Å². The molecule has 0 aliphatic rings. The fourth-order valence-corrected chi connectivity index (χ4v) is 5.19. The van der Waals surface area contributed by atoms with Gasteiger partial charge in [-0.25, -0.2) is 13.2 Å². The molecule has 1 unspecified atom stereocenters. The molecule has 1 atom stereocenters. The van der Waals surface area contributed by atoms with E-state index in [0.717, 1.165) is 36.4 Å². The fraction of sp³-hybridized carbons (Fsp3) is 0.278. The lowest BCUT2D eigenvalue weighted by atomic mass is 9.77. The Morgan fingerprint density at radius 3 is 2.04 bits per heavy atom. The molecule has 1 N–H and O–H groups in total. The first kappa shape index (κ1) is 39.5. The normalized spacial score (nSPS) is 13.0. The third-order valence-electron chi connectivity index (χ3n) is 7.73. The minimum atomic E-state index is -5.22. The van der Waals surface area contributed by atoms with E-state index in [9.17, 15) is 49.1 Å². The van der Waals surface area contributed by atoms with Crippen molar-refractivity contribution in [1.82, 2.24) is 5.32 Å². The first-order chi connectivity index (χ1) is 24.4. The van der Waals surface area contributed by atoms with E-state index >= 15 is 4.39 Å². The number of methoxy groups -OCH3 is 1. The zero-order valence-corrected chi connectivity index (χ0v) is 27.0. The van der Waals surface area contributed by atoms with Gasteiger partial charge in [-0.2, -0.15) is 30.7 Å². The number of ether oxygens (including phenoxy) is 3. The van der Waals surface area contributed by atoms with Crippen molar-refractivity contribution < 1.29 is 67.7 Å². The van der Waals surface area contributed by atoms with Crippen LogP contribution in [0.15, 0.2) is 84.9 Å². The Kier molecular flexibility index (Phi) is 12.4. The van der Waals surface area contributed by atoms with Crippen molar-refractivity contribution in [3.05, 3.63) is 130 Å².